The van der Waals surface area contributed by atoms with Crippen molar-refractivity contribution in [2.45, 2.75) is 19.1 Å². The second kappa shape index (κ2) is 5.88. The van der Waals surface area contributed by atoms with Crippen molar-refractivity contribution >= 4 is 6.09 Å². The fourth-order valence-corrected chi connectivity index (χ4v) is 1.83. The Hall–Kier alpha value is -1.82. The number of ether oxygens (including phenoxy) is 2. The number of carbonyl (C=O) groups is 1. The smallest absolute Gasteiger partial charge is 0.410 e. The Morgan fingerprint density at radius 3 is 3.11 bits per heavy atom. The van der Waals surface area contributed by atoms with Crippen molar-refractivity contribution < 1.29 is 23.8 Å². The molecule has 1 fully saturated rings. The summed E-state index contributed by atoms with van der Waals surface area (Å²) in [5.74, 6) is 0.0150. The molecule has 1 N–H and O–H groups in total. The molecule has 2 unspecified atom stereocenters. The summed E-state index contributed by atoms with van der Waals surface area (Å²) in [6.45, 7) is 2.13. The van der Waals surface area contributed by atoms with Crippen LogP contribution in [-0.4, -0.2) is 48.0 Å². The Kier molecular flexibility index (Phi) is 4.21. The predicted octanol–water partition coefficient (Wildman–Crippen LogP) is 1.41. The summed E-state index contributed by atoms with van der Waals surface area (Å²) in [7, 11) is 0. The number of rotatable bonds is 5. The highest BCUT2D eigenvalue weighted by atomic mass is 19.1. The van der Waals surface area contributed by atoms with Crippen LogP contribution in [0.5, 0.6) is 5.75 Å². The van der Waals surface area contributed by atoms with Crippen LogP contribution in [0.1, 0.15) is 6.92 Å². The van der Waals surface area contributed by atoms with Crippen LogP contribution in [0.15, 0.2) is 24.3 Å². The number of benzene rings is 1. The van der Waals surface area contributed by atoms with E-state index in [2.05, 4.69) is 0 Å². The zero-order valence-electron chi connectivity index (χ0n) is 10.6. The Bertz CT molecular complexity index is 454. The maximum Gasteiger partial charge on any atom is 0.410 e. The SMILES string of the molecule is CC(CO)N1CC(COc2cccc(F)c2)OC1=O. The first-order chi connectivity index (χ1) is 9.10. The van der Waals surface area contributed by atoms with Gasteiger partial charge in [0.1, 0.15) is 18.2 Å². The summed E-state index contributed by atoms with van der Waals surface area (Å²) in [6, 6.07) is 5.49. The molecule has 1 aliphatic rings. The third kappa shape index (κ3) is 3.35. The fourth-order valence-electron chi connectivity index (χ4n) is 1.83. The van der Waals surface area contributed by atoms with Crippen LogP contribution in [0.25, 0.3) is 0 Å². The van der Waals surface area contributed by atoms with Gasteiger partial charge in [0, 0.05) is 6.07 Å². The molecule has 1 aromatic rings. The number of aliphatic hydroxyl groups is 1. The molecule has 2 atom stereocenters. The van der Waals surface area contributed by atoms with E-state index in [1.165, 1.54) is 17.0 Å². The van der Waals surface area contributed by atoms with E-state index in [9.17, 15) is 9.18 Å². The molecule has 1 amide bonds. The number of carbonyl (C=O) groups excluding carboxylic acids is 1. The number of aliphatic hydroxyl groups excluding tert-OH is 1. The van der Waals surface area contributed by atoms with E-state index in [1.807, 2.05) is 0 Å². The van der Waals surface area contributed by atoms with Gasteiger partial charge in [0.05, 0.1) is 19.2 Å². The molecule has 0 saturated carbocycles. The van der Waals surface area contributed by atoms with Crippen molar-refractivity contribution in [1.29, 1.82) is 0 Å². The quantitative estimate of drug-likeness (QED) is 0.878. The van der Waals surface area contributed by atoms with Gasteiger partial charge in [0.25, 0.3) is 0 Å². The molecule has 0 spiro atoms. The third-order valence-electron chi connectivity index (χ3n) is 2.93. The number of amides is 1. The lowest BCUT2D eigenvalue weighted by atomic mass is 10.3. The van der Waals surface area contributed by atoms with Gasteiger partial charge in [-0.25, -0.2) is 9.18 Å². The van der Waals surface area contributed by atoms with Gasteiger partial charge in [0.2, 0.25) is 0 Å². The highest BCUT2D eigenvalue weighted by molar-refractivity contribution is 5.70. The van der Waals surface area contributed by atoms with Gasteiger partial charge in [-0.2, -0.15) is 0 Å². The summed E-state index contributed by atoms with van der Waals surface area (Å²) in [6.07, 6.45) is -0.876. The lowest BCUT2D eigenvalue weighted by Crippen LogP contribution is -2.37. The van der Waals surface area contributed by atoms with Gasteiger partial charge < -0.3 is 14.6 Å². The second-order valence-electron chi connectivity index (χ2n) is 4.46. The lowest BCUT2D eigenvalue weighted by molar-refractivity contribution is 0.0996. The van der Waals surface area contributed by atoms with E-state index in [-0.39, 0.29) is 25.1 Å². The van der Waals surface area contributed by atoms with Gasteiger partial charge in [-0.1, -0.05) is 6.07 Å². The summed E-state index contributed by atoms with van der Waals surface area (Å²) in [5.41, 5.74) is 0. The minimum atomic E-state index is -0.464. The number of hydrogen-bond donors (Lipinski definition) is 1. The molecule has 5 nitrogen and oxygen atoms in total. The number of cyclic esters (lactones) is 1. The molecule has 6 heteroatoms. The third-order valence-corrected chi connectivity index (χ3v) is 2.93. The van der Waals surface area contributed by atoms with Gasteiger partial charge in [-0.15, -0.1) is 0 Å². The van der Waals surface area contributed by atoms with E-state index in [1.54, 1.807) is 19.1 Å². The highest BCUT2D eigenvalue weighted by Gasteiger charge is 2.34. The Balaban J connectivity index is 1.86. The molecule has 0 aliphatic carbocycles. The van der Waals surface area contributed by atoms with Crippen LogP contribution in [0.4, 0.5) is 9.18 Å². The summed E-state index contributed by atoms with van der Waals surface area (Å²) < 4.78 is 23.4. The summed E-state index contributed by atoms with van der Waals surface area (Å²) in [4.78, 5) is 13.0. The Morgan fingerprint density at radius 1 is 1.63 bits per heavy atom. The Morgan fingerprint density at radius 2 is 2.42 bits per heavy atom. The first kappa shape index (κ1) is 13.6. The average molecular weight is 269 g/mol. The average Bonchev–Trinajstić information content (AvgIpc) is 2.77. The van der Waals surface area contributed by atoms with E-state index in [0.29, 0.717) is 12.3 Å². The van der Waals surface area contributed by atoms with Gasteiger partial charge in [-0.05, 0) is 19.1 Å². The van der Waals surface area contributed by atoms with Gasteiger partial charge in [-0.3, -0.25) is 4.90 Å². The first-order valence-electron chi connectivity index (χ1n) is 6.06. The number of nitrogens with zero attached hydrogens (tertiary/aromatic N) is 1. The van der Waals surface area contributed by atoms with Gasteiger partial charge in [0.15, 0.2) is 6.10 Å². The Labute approximate surface area is 110 Å². The van der Waals surface area contributed by atoms with Crippen molar-refractivity contribution in [2.24, 2.45) is 0 Å². The maximum atomic E-state index is 12.9. The summed E-state index contributed by atoms with van der Waals surface area (Å²) >= 11 is 0. The number of halogens is 1. The van der Waals surface area contributed by atoms with E-state index in [4.69, 9.17) is 14.6 Å². The minimum absolute atomic E-state index is 0.118. The molecule has 0 bridgehead atoms. The van der Waals surface area contributed by atoms with E-state index < -0.39 is 12.2 Å². The highest BCUT2D eigenvalue weighted by Crippen LogP contribution is 2.17. The molecule has 0 aromatic heterocycles. The first-order valence-corrected chi connectivity index (χ1v) is 6.06. The lowest BCUT2D eigenvalue weighted by Gasteiger charge is -2.19. The molecule has 1 aromatic carbocycles. The van der Waals surface area contributed by atoms with Crippen molar-refractivity contribution in [3.63, 3.8) is 0 Å². The topological polar surface area (TPSA) is 59.0 Å². The predicted molar refractivity (Wildman–Crippen MR) is 65.4 cm³/mol. The summed E-state index contributed by atoms with van der Waals surface area (Å²) in [5, 5.41) is 9.02. The van der Waals surface area contributed by atoms with Crippen LogP contribution in [0.3, 0.4) is 0 Å². The fraction of sp³-hybridized carbons (Fsp3) is 0.462. The van der Waals surface area contributed by atoms with Gasteiger partial charge >= 0.3 is 6.09 Å². The second-order valence-corrected chi connectivity index (χ2v) is 4.46. The van der Waals surface area contributed by atoms with Crippen LogP contribution in [-0.2, 0) is 4.74 Å². The number of hydrogen-bond acceptors (Lipinski definition) is 4. The van der Waals surface area contributed by atoms with Crippen LogP contribution in [0.2, 0.25) is 0 Å². The molecular weight excluding hydrogens is 253 g/mol. The normalized spacial score (nSPS) is 20.3. The van der Waals surface area contributed by atoms with Crippen molar-refractivity contribution in [2.75, 3.05) is 19.8 Å². The van der Waals surface area contributed by atoms with E-state index >= 15 is 0 Å². The molecule has 1 saturated heterocycles. The van der Waals surface area contributed by atoms with Crippen molar-refractivity contribution in [3.8, 4) is 5.75 Å². The van der Waals surface area contributed by atoms with E-state index in [0.717, 1.165) is 0 Å². The monoisotopic (exact) mass is 269 g/mol. The largest absolute Gasteiger partial charge is 0.490 e. The zero-order chi connectivity index (χ0) is 13.8. The molecule has 104 valence electrons. The molecule has 1 aliphatic heterocycles. The van der Waals surface area contributed by atoms with Crippen molar-refractivity contribution in [3.05, 3.63) is 30.1 Å². The minimum Gasteiger partial charge on any atom is -0.490 e. The van der Waals surface area contributed by atoms with Crippen LogP contribution < -0.4 is 4.74 Å². The molecule has 2 rings (SSSR count). The molecular formula is C13H16FNO4. The standard InChI is InChI=1S/C13H16FNO4/c1-9(7-16)15-6-12(19-13(15)17)8-18-11-4-2-3-10(14)5-11/h2-5,9,12,16H,6-8H2,1H3. The van der Waals surface area contributed by atoms with Crippen LogP contribution >= 0.6 is 0 Å². The van der Waals surface area contributed by atoms with Crippen molar-refractivity contribution in [1.82, 2.24) is 4.90 Å². The zero-order valence-corrected chi connectivity index (χ0v) is 10.6. The maximum absolute atomic E-state index is 12.9. The molecule has 0 radical (unpaired) electrons. The van der Waals surface area contributed by atoms with Crippen LogP contribution in [0, 0.1) is 5.82 Å². The molecule has 19 heavy (non-hydrogen) atoms. The molecule has 1 heterocycles.